The summed E-state index contributed by atoms with van der Waals surface area (Å²) >= 11 is 5.97. The molecule has 25 heavy (non-hydrogen) atoms. The maximum absolute atomic E-state index is 12.4. The Morgan fingerprint density at radius 2 is 1.96 bits per heavy atom. The van der Waals surface area contributed by atoms with Gasteiger partial charge in [0.25, 0.3) is 5.91 Å². The normalized spacial score (nSPS) is 12.5. The van der Waals surface area contributed by atoms with Gasteiger partial charge >= 0.3 is 5.97 Å². The molecule has 2 aromatic carbocycles. The molecule has 2 aromatic rings. The van der Waals surface area contributed by atoms with Gasteiger partial charge in [0.1, 0.15) is 12.4 Å². The molecule has 3 rings (SSSR count). The van der Waals surface area contributed by atoms with Crippen LogP contribution in [0.1, 0.15) is 22.8 Å². The number of carbonyl (C=O) groups is 2. The Balaban J connectivity index is 1.71. The first-order chi connectivity index (χ1) is 12.1. The predicted octanol–water partition coefficient (Wildman–Crippen LogP) is 3.93. The maximum Gasteiger partial charge on any atom is 0.338 e. The zero-order valence-electron chi connectivity index (χ0n) is 13.5. The van der Waals surface area contributed by atoms with Crippen LogP contribution in [-0.4, -0.2) is 25.1 Å². The van der Waals surface area contributed by atoms with Crippen LogP contribution in [0.4, 0.5) is 5.69 Å². The molecule has 128 valence electrons. The number of benzene rings is 2. The van der Waals surface area contributed by atoms with E-state index in [1.165, 1.54) is 0 Å². The number of carbonyl (C=O) groups excluding carboxylic acids is 2. The van der Waals surface area contributed by atoms with Crippen LogP contribution in [0.5, 0.6) is 5.75 Å². The largest absolute Gasteiger partial charge is 0.488 e. The third-order valence-electron chi connectivity index (χ3n) is 3.63. The molecule has 5 nitrogen and oxygen atoms in total. The van der Waals surface area contributed by atoms with Gasteiger partial charge in [-0.1, -0.05) is 11.6 Å². The van der Waals surface area contributed by atoms with Crippen LogP contribution in [0.2, 0.25) is 5.02 Å². The highest BCUT2D eigenvalue weighted by atomic mass is 35.5. The van der Waals surface area contributed by atoms with Crippen LogP contribution in [0.15, 0.2) is 48.0 Å². The number of anilines is 1. The summed E-state index contributed by atoms with van der Waals surface area (Å²) in [6, 6.07) is 11.8. The quantitative estimate of drug-likeness (QED) is 0.842. The monoisotopic (exact) mass is 357 g/mol. The number of hydrogen-bond donors (Lipinski definition) is 1. The molecule has 0 fully saturated rings. The Bertz CT molecular complexity index is 843. The van der Waals surface area contributed by atoms with Gasteiger partial charge in [0.2, 0.25) is 0 Å². The lowest BCUT2D eigenvalue weighted by molar-refractivity contribution is -0.113. The lowest BCUT2D eigenvalue weighted by Gasteiger charge is -2.18. The minimum Gasteiger partial charge on any atom is -0.488 e. The number of amides is 1. The number of rotatable bonds is 4. The van der Waals surface area contributed by atoms with E-state index in [2.05, 4.69) is 5.32 Å². The van der Waals surface area contributed by atoms with Gasteiger partial charge in [-0.25, -0.2) is 4.79 Å². The van der Waals surface area contributed by atoms with Crippen molar-refractivity contribution in [3.8, 4) is 5.75 Å². The van der Waals surface area contributed by atoms with E-state index in [0.29, 0.717) is 34.2 Å². The molecule has 0 spiro atoms. The smallest absolute Gasteiger partial charge is 0.338 e. The van der Waals surface area contributed by atoms with Crippen LogP contribution in [-0.2, 0) is 9.53 Å². The summed E-state index contributed by atoms with van der Waals surface area (Å²) < 4.78 is 10.5. The van der Waals surface area contributed by atoms with Gasteiger partial charge in [0.05, 0.1) is 17.7 Å². The summed E-state index contributed by atoms with van der Waals surface area (Å²) in [5.74, 6) is 0.0338. The lowest BCUT2D eigenvalue weighted by Crippen LogP contribution is -2.21. The lowest BCUT2D eigenvalue weighted by atomic mass is 10.1. The number of fused-ring (bicyclic) bond motifs is 1. The summed E-state index contributed by atoms with van der Waals surface area (Å²) in [4.78, 5) is 24.0. The second kappa shape index (κ2) is 7.40. The molecule has 0 aromatic heterocycles. The Hall–Kier alpha value is -2.79. The molecule has 1 heterocycles. The Morgan fingerprint density at radius 1 is 1.20 bits per heavy atom. The van der Waals surface area contributed by atoms with E-state index in [9.17, 15) is 9.59 Å². The summed E-state index contributed by atoms with van der Waals surface area (Å²) in [6.07, 6.45) is 1.76. The predicted molar refractivity (Wildman–Crippen MR) is 96.0 cm³/mol. The number of esters is 1. The molecule has 1 amide bonds. The molecule has 0 atom stereocenters. The van der Waals surface area contributed by atoms with Crippen molar-refractivity contribution in [1.82, 2.24) is 0 Å². The average Bonchev–Trinajstić information content (AvgIpc) is 2.61. The van der Waals surface area contributed by atoms with Crippen molar-refractivity contribution in [2.45, 2.75) is 6.92 Å². The molecule has 0 bridgehead atoms. The van der Waals surface area contributed by atoms with Crippen molar-refractivity contribution in [3.63, 3.8) is 0 Å². The highest BCUT2D eigenvalue weighted by Crippen LogP contribution is 2.29. The zero-order chi connectivity index (χ0) is 17.8. The third-order valence-corrected chi connectivity index (χ3v) is 3.87. The second-order valence-electron chi connectivity index (χ2n) is 5.39. The maximum atomic E-state index is 12.4. The average molecular weight is 358 g/mol. The minimum atomic E-state index is -0.391. The van der Waals surface area contributed by atoms with Gasteiger partial charge in [-0.05, 0) is 55.5 Å². The highest BCUT2D eigenvalue weighted by molar-refractivity contribution is 6.30. The van der Waals surface area contributed by atoms with Crippen molar-refractivity contribution in [3.05, 3.63) is 64.2 Å². The van der Waals surface area contributed by atoms with Crippen LogP contribution in [0.3, 0.4) is 0 Å². The molecule has 0 saturated heterocycles. The van der Waals surface area contributed by atoms with Gasteiger partial charge in [-0.2, -0.15) is 0 Å². The standard InChI is InChI=1S/C19H16ClNO4/c1-2-24-19(23)12-3-6-16(7-4-12)21-18(22)14-9-13-10-15(20)5-8-17(13)25-11-14/h3-10H,2,11H2,1H3,(H,21,22). The first-order valence-corrected chi connectivity index (χ1v) is 8.16. The van der Waals surface area contributed by atoms with E-state index >= 15 is 0 Å². The van der Waals surface area contributed by atoms with E-state index in [-0.39, 0.29) is 12.5 Å². The molecule has 1 N–H and O–H groups in total. The van der Waals surface area contributed by atoms with Crippen LogP contribution in [0, 0.1) is 0 Å². The van der Waals surface area contributed by atoms with Crippen molar-refractivity contribution in [2.75, 3.05) is 18.5 Å². The van der Waals surface area contributed by atoms with E-state index in [1.807, 2.05) is 0 Å². The summed E-state index contributed by atoms with van der Waals surface area (Å²) in [6.45, 7) is 2.25. The SMILES string of the molecule is CCOC(=O)c1ccc(NC(=O)C2=Cc3cc(Cl)ccc3OC2)cc1. The summed E-state index contributed by atoms with van der Waals surface area (Å²) in [5.41, 5.74) is 2.27. The van der Waals surface area contributed by atoms with Crippen molar-refractivity contribution in [2.24, 2.45) is 0 Å². The van der Waals surface area contributed by atoms with Crippen LogP contribution in [0.25, 0.3) is 6.08 Å². The van der Waals surface area contributed by atoms with Gasteiger partial charge in [0.15, 0.2) is 0 Å². The zero-order valence-corrected chi connectivity index (χ0v) is 14.3. The molecule has 0 saturated carbocycles. The summed E-state index contributed by atoms with van der Waals surface area (Å²) in [7, 11) is 0. The van der Waals surface area contributed by atoms with Crippen molar-refractivity contribution in [1.29, 1.82) is 0 Å². The van der Waals surface area contributed by atoms with Crippen LogP contribution >= 0.6 is 11.6 Å². The number of hydrogen-bond acceptors (Lipinski definition) is 4. The first-order valence-electron chi connectivity index (χ1n) is 7.78. The van der Waals surface area contributed by atoms with E-state index in [4.69, 9.17) is 21.1 Å². The molecule has 0 radical (unpaired) electrons. The van der Waals surface area contributed by atoms with Gasteiger partial charge in [0, 0.05) is 16.3 Å². The number of ether oxygens (including phenoxy) is 2. The van der Waals surface area contributed by atoms with Gasteiger partial charge in [-0.3, -0.25) is 4.79 Å². The Kier molecular flexibility index (Phi) is 5.05. The Morgan fingerprint density at radius 3 is 2.68 bits per heavy atom. The number of halogens is 1. The fraction of sp³-hybridized carbons (Fsp3) is 0.158. The van der Waals surface area contributed by atoms with E-state index in [1.54, 1.807) is 55.5 Å². The molecule has 6 heteroatoms. The van der Waals surface area contributed by atoms with Gasteiger partial charge in [-0.15, -0.1) is 0 Å². The third kappa shape index (κ3) is 4.00. The Labute approximate surface area is 150 Å². The summed E-state index contributed by atoms with van der Waals surface area (Å²) in [5, 5.41) is 3.36. The molecule has 0 unspecified atom stereocenters. The van der Waals surface area contributed by atoms with E-state index < -0.39 is 5.97 Å². The molecular formula is C19H16ClNO4. The van der Waals surface area contributed by atoms with Crippen LogP contribution < -0.4 is 10.1 Å². The molecular weight excluding hydrogens is 342 g/mol. The number of nitrogens with one attached hydrogen (secondary N) is 1. The topological polar surface area (TPSA) is 64.6 Å². The highest BCUT2D eigenvalue weighted by Gasteiger charge is 2.18. The molecule has 0 aliphatic carbocycles. The first kappa shape index (κ1) is 17.0. The minimum absolute atomic E-state index is 0.182. The fourth-order valence-corrected chi connectivity index (χ4v) is 2.58. The second-order valence-corrected chi connectivity index (χ2v) is 5.83. The van der Waals surface area contributed by atoms with Gasteiger partial charge < -0.3 is 14.8 Å². The van der Waals surface area contributed by atoms with E-state index in [0.717, 1.165) is 5.56 Å². The van der Waals surface area contributed by atoms with Crippen molar-refractivity contribution >= 4 is 35.2 Å². The fourth-order valence-electron chi connectivity index (χ4n) is 2.39. The molecule has 1 aliphatic rings. The molecule has 1 aliphatic heterocycles. The van der Waals surface area contributed by atoms with Crippen molar-refractivity contribution < 1.29 is 19.1 Å².